The van der Waals surface area contributed by atoms with Crippen LogP contribution in [0, 0.1) is 26.9 Å². The largest absolute Gasteiger partial charge is 0.455 e. The molecule has 3 heterocycles. The minimum Gasteiger partial charge on any atom is -0.455 e. The quantitative estimate of drug-likeness (QED) is 0.0512. The summed E-state index contributed by atoms with van der Waals surface area (Å²) in [6.45, 7) is 9.63. The van der Waals surface area contributed by atoms with Crippen LogP contribution in [-0.4, -0.2) is 78.3 Å². The number of nitrogens with one attached hydrogen (secondary N) is 3. The average molecular weight is 856 g/mol. The first-order valence-corrected chi connectivity index (χ1v) is 23.2. The normalized spacial score (nSPS) is 24.4. The second kappa shape index (κ2) is 15.7. The van der Waals surface area contributed by atoms with Crippen molar-refractivity contribution in [1.29, 1.82) is 0 Å². The average Bonchev–Trinajstić information content (AvgIpc) is 3.68. The number of hydrogen-bond acceptors (Lipinski definition) is 10. The van der Waals surface area contributed by atoms with Gasteiger partial charge in [0, 0.05) is 73.5 Å². The summed E-state index contributed by atoms with van der Waals surface area (Å²) in [5.41, 5.74) is 5.32. The number of amides is 1. The molecule has 1 saturated heterocycles. The minimum absolute atomic E-state index is 0.0117. The summed E-state index contributed by atoms with van der Waals surface area (Å²) in [4.78, 5) is 37.3. The van der Waals surface area contributed by atoms with Gasteiger partial charge in [-0.1, -0.05) is 44.3 Å². The maximum absolute atomic E-state index is 13.9. The molecule has 2 aromatic heterocycles. The number of H-pyrrole nitrogens is 1. The number of nitrogens with zero attached hydrogens (tertiary/aromatic N) is 4. The molecule has 2 bridgehead atoms. The number of piperazine rings is 1. The first kappa shape index (κ1) is 40.7. The standard InChI is InChI=1S/C45H54ClN7O6S/c1-43(2)14-12-32(37(23-43)44-27-45(46,28-44)29-44)26-51-16-18-52(19-17-51)33-8-10-36(40(21-33)59-34-20-31-13-15-47-41(31)49-25-34)42(54)50-60(57,58)35-9-11-38(39(22-35)53(55)56)48-24-30-6-4-3-5-7-30/h8-11,13,15,20-22,25,30,48H,3-7,12,14,16-19,23-24,26-29H2,1-2H3,(H,47,49)(H,50,54). The molecule has 0 spiro atoms. The third kappa shape index (κ3) is 8.22. The number of carbonyl (C=O) groups is 1. The zero-order valence-corrected chi connectivity index (χ0v) is 36.0. The molecule has 15 heteroatoms. The number of fused-ring (bicyclic) bond motifs is 1. The molecule has 5 aliphatic carbocycles. The van der Waals surface area contributed by atoms with Crippen LogP contribution >= 0.6 is 11.6 Å². The van der Waals surface area contributed by atoms with Gasteiger partial charge in [-0.05, 0) is 105 Å². The molecule has 0 atom stereocenters. The summed E-state index contributed by atoms with van der Waals surface area (Å²) in [6, 6.07) is 12.5. The highest BCUT2D eigenvalue weighted by Gasteiger charge is 2.69. The van der Waals surface area contributed by atoms with E-state index in [1.807, 2.05) is 12.1 Å². The zero-order valence-electron chi connectivity index (χ0n) is 34.4. The molecule has 4 saturated carbocycles. The van der Waals surface area contributed by atoms with E-state index in [0.29, 0.717) is 34.7 Å². The number of halogens is 1. The molecule has 1 amide bonds. The molecule has 10 rings (SSSR count). The van der Waals surface area contributed by atoms with Gasteiger partial charge in [0.15, 0.2) is 0 Å². The predicted octanol–water partition coefficient (Wildman–Crippen LogP) is 9.16. The Bertz CT molecular complexity index is 2450. The number of nitro benzene ring substituents is 1. The van der Waals surface area contributed by atoms with E-state index < -0.39 is 25.7 Å². The van der Waals surface area contributed by atoms with Gasteiger partial charge in [0.1, 0.15) is 22.8 Å². The predicted molar refractivity (Wildman–Crippen MR) is 234 cm³/mol. The number of aromatic amines is 1. The van der Waals surface area contributed by atoms with Crippen LogP contribution in [-0.2, 0) is 10.0 Å². The van der Waals surface area contributed by atoms with Gasteiger partial charge >= 0.3 is 0 Å². The summed E-state index contributed by atoms with van der Waals surface area (Å²) < 4.78 is 35.8. The Morgan fingerprint density at radius 1 is 1.03 bits per heavy atom. The Labute approximate surface area is 356 Å². The van der Waals surface area contributed by atoms with Gasteiger partial charge in [-0.25, -0.2) is 18.1 Å². The van der Waals surface area contributed by atoms with E-state index in [-0.39, 0.29) is 27.6 Å². The first-order valence-electron chi connectivity index (χ1n) is 21.4. The van der Waals surface area contributed by atoms with Crippen molar-refractivity contribution < 1.29 is 22.9 Å². The topological polar surface area (TPSA) is 163 Å². The van der Waals surface area contributed by atoms with E-state index in [1.54, 1.807) is 41.7 Å². The number of nitro groups is 1. The molecule has 4 aromatic rings. The lowest BCUT2D eigenvalue weighted by molar-refractivity contribution is -0.384. The zero-order chi connectivity index (χ0) is 41.9. The van der Waals surface area contributed by atoms with Gasteiger partial charge in [0.25, 0.3) is 21.6 Å². The van der Waals surface area contributed by atoms with Gasteiger partial charge in [-0.15, -0.1) is 11.6 Å². The van der Waals surface area contributed by atoms with Crippen LogP contribution in [0.25, 0.3) is 11.0 Å². The first-order chi connectivity index (χ1) is 28.7. The molecule has 13 nitrogen and oxygen atoms in total. The summed E-state index contributed by atoms with van der Waals surface area (Å²) in [5, 5.41) is 16.1. The number of carbonyl (C=O) groups excluding carboxylic acids is 1. The highest BCUT2D eigenvalue weighted by molar-refractivity contribution is 7.90. The van der Waals surface area contributed by atoms with Crippen LogP contribution in [0.4, 0.5) is 17.1 Å². The number of aromatic nitrogens is 2. The number of pyridine rings is 1. The third-order valence-corrected chi connectivity index (χ3v) is 15.5. The Hall–Kier alpha value is -4.66. The number of allylic oxidation sites excluding steroid dienone is 1. The van der Waals surface area contributed by atoms with Crippen molar-refractivity contribution in [1.82, 2.24) is 19.6 Å². The number of ether oxygens (including phenoxy) is 1. The molecule has 318 valence electrons. The SMILES string of the molecule is CC1(C)CCC(CN2CCN(c3ccc(C(=O)NS(=O)(=O)c4ccc(NCC5CCCCC5)c([N+](=O)[O-])c4)c(Oc4cnc5[nH]ccc5c4)c3)CC2)=C(C23CC(Cl)(C2)C3)C1. The van der Waals surface area contributed by atoms with Crippen LogP contribution in [0.3, 0.4) is 0 Å². The number of rotatable bonds is 13. The van der Waals surface area contributed by atoms with Crippen LogP contribution in [0.2, 0.25) is 0 Å². The second-order valence-electron chi connectivity index (χ2n) is 18.8. The number of benzene rings is 2. The number of sulfonamides is 1. The Morgan fingerprint density at radius 3 is 2.53 bits per heavy atom. The monoisotopic (exact) mass is 855 g/mol. The van der Waals surface area contributed by atoms with Crippen LogP contribution in [0.5, 0.6) is 11.5 Å². The van der Waals surface area contributed by atoms with E-state index in [1.165, 1.54) is 25.0 Å². The molecule has 5 fully saturated rings. The molecule has 3 N–H and O–H groups in total. The molecule has 6 aliphatic rings. The van der Waals surface area contributed by atoms with E-state index in [4.69, 9.17) is 16.3 Å². The van der Waals surface area contributed by atoms with Crippen molar-refractivity contribution in [2.24, 2.45) is 16.7 Å². The molecular formula is C45H54ClN7O6S. The third-order valence-electron chi connectivity index (χ3n) is 13.8. The van der Waals surface area contributed by atoms with Gasteiger partial charge < -0.3 is 19.9 Å². The second-order valence-corrected chi connectivity index (χ2v) is 21.3. The van der Waals surface area contributed by atoms with Crippen molar-refractivity contribution >= 4 is 55.6 Å². The lowest BCUT2D eigenvalue weighted by Gasteiger charge is -2.70. The lowest BCUT2D eigenvalue weighted by atomic mass is 9.39. The van der Waals surface area contributed by atoms with Gasteiger partial charge in [-0.2, -0.15) is 0 Å². The molecular weight excluding hydrogens is 802 g/mol. The molecule has 2 aromatic carbocycles. The fraction of sp³-hybridized carbons (Fsp3) is 0.511. The lowest BCUT2D eigenvalue weighted by Crippen LogP contribution is -2.65. The van der Waals surface area contributed by atoms with Crippen molar-refractivity contribution in [2.45, 2.75) is 94.2 Å². The number of alkyl halides is 1. The van der Waals surface area contributed by atoms with Crippen LogP contribution < -0.4 is 19.7 Å². The van der Waals surface area contributed by atoms with Gasteiger partial charge in [-0.3, -0.25) is 19.8 Å². The highest BCUT2D eigenvalue weighted by Crippen LogP contribution is 2.75. The number of anilines is 2. The fourth-order valence-electron chi connectivity index (χ4n) is 10.4. The molecule has 0 radical (unpaired) electrons. The maximum atomic E-state index is 13.9. The minimum atomic E-state index is -4.52. The van der Waals surface area contributed by atoms with E-state index in [9.17, 15) is 23.3 Å². The summed E-state index contributed by atoms with van der Waals surface area (Å²) in [7, 11) is -4.52. The van der Waals surface area contributed by atoms with Gasteiger partial charge in [0.05, 0.1) is 21.6 Å². The van der Waals surface area contributed by atoms with E-state index in [0.717, 1.165) is 108 Å². The van der Waals surface area contributed by atoms with Crippen molar-refractivity contribution in [3.05, 3.63) is 87.7 Å². The molecule has 1 aliphatic heterocycles. The summed E-state index contributed by atoms with van der Waals surface area (Å²) >= 11 is 6.74. The van der Waals surface area contributed by atoms with Crippen molar-refractivity contribution in [2.75, 3.05) is 49.5 Å². The van der Waals surface area contributed by atoms with Crippen molar-refractivity contribution in [3.63, 3.8) is 0 Å². The van der Waals surface area contributed by atoms with Crippen LogP contribution in [0.15, 0.2) is 77.0 Å². The number of hydrogen-bond donors (Lipinski definition) is 3. The van der Waals surface area contributed by atoms with E-state index in [2.05, 4.69) is 43.7 Å². The van der Waals surface area contributed by atoms with Crippen molar-refractivity contribution in [3.8, 4) is 11.5 Å². The Morgan fingerprint density at radius 2 is 1.80 bits per heavy atom. The Kier molecular flexibility index (Phi) is 10.6. The molecule has 60 heavy (non-hydrogen) atoms. The Balaban J connectivity index is 0.922. The molecule has 0 unspecified atom stereocenters. The summed E-state index contributed by atoms with van der Waals surface area (Å²) in [5.74, 6) is 0.00337. The summed E-state index contributed by atoms with van der Waals surface area (Å²) in [6.07, 6.45) is 15.7. The smallest absolute Gasteiger partial charge is 0.293 e. The maximum Gasteiger partial charge on any atom is 0.293 e. The fourth-order valence-corrected chi connectivity index (χ4v) is 12.2. The van der Waals surface area contributed by atoms with Crippen LogP contribution in [0.1, 0.15) is 94.8 Å². The highest BCUT2D eigenvalue weighted by atomic mass is 35.5. The van der Waals surface area contributed by atoms with E-state index >= 15 is 0 Å². The van der Waals surface area contributed by atoms with Gasteiger partial charge in [0.2, 0.25) is 0 Å².